The summed E-state index contributed by atoms with van der Waals surface area (Å²) in [6, 6.07) is 0. The number of carbonyl (C=O) groups excluding carboxylic acids is 3. The second-order valence-electron chi connectivity index (χ2n) is 8.31. The number of unbranched alkanes of at least 4 members (excludes halogenated alkanes) is 3. The van der Waals surface area contributed by atoms with E-state index in [4.69, 9.17) is 14.7 Å². The van der Waals surface area contributed by atoms with Crippen molar-refractivity contribution in [1.82, 2.24) is 0 Å². The van der Waals surface area contributed by atoms with E-state index in [0.29, 0.717) is 19.3 Å². The third-order valence-corrected chi connectivity index (χ3v) is 10.4. The summed E-state index contributed by atoms with van der Waals surface area (Å²) in [5, 5.41) is 29.9. The molecule has 0 saturated carbocycles. The Balaban J connectivity index is -0.000000218. The smallest absolute Gasteiger partial charge is 0.550 e. The minimum atomic E-state index is -3.18. The van der Waals surface area contributed by atoms with Gasteiger partial charge < -0.3 is 44.4 Å². The van der Waals surface area contributed by atoms with Crippen LogP contribution in [0, 0.1) is 0 Å². The molecule has 0 fully saturated rings. The zero-order chi connectivity index (χ0) is 28.8. The average Bonchev–Trinajstić information content (AvgIpc) is 2.77. The van der Waals surface area contributed by atoms with Crippen molar-refractivity contribution in [1.29, 1.82) is 0 Å². The van der Waals surface area contributed by atoms with Gasteiger partial charge in [0, 0.05) is 54.9 Å². The van der Waals surface area contributed by atoms with Gasteiger partial charge in [-0.25, -0.2) is 0 Å². The Morgan fingerprint density at radius 3 is 0.838 bits per heavy atom. The van der Waals surface area contributed by atoms with Gasteiger partial charge in [0.05, 0.1) is 0 Å². The maximum Gasteiger partial charge on any atom is 3.00 e. The minimum Gasteiger partial charge on any atom is -0.550 e. The molecule has 3 atom stereocenters. The molecule has 0 rings (SSSR count). The molecule has 12 nitrogen and oxygen atoms in total. The summed E-state index contributed by atoms with van der Waals surface area (Å²) < 4.78 is 33.4. The number of carboxylic acids is 3. The van der Waals surface area contributed by atoms with Crippen molar-refractivity contribution >= 4 is 57.4 Å². The molecule has 0 aliphatic carbocycles. The monoisotopic (exact) mass is 606 g/mol. The number of aliphatic carboxylic acids is 3. The number of hydrogen-bond donors (Lipinski definition) is 3. The summed E-state index contributed by atoms with van der Waals surface area (Å²) in [7, 11) is -9.55. The molecule has 0 aliphatic heterocycles. The van der Waals surface area contributed by atoms with Gasteiger partial charge in [0.2, 0.25) is 22.1 Å². The molecular formula is C21H42AlO12P3. The third-order valence-electron chi connectivity index (χ3n) is 4.58. The van der Waals surface area contributed by atoms with Gasteiger partial charge in [-0.2, -0.15) is 0 Å². The molecule has 0 heterocycles. The molecule has 0 aliphatic rings. The van der Waals surface area contributed by atoms with Crippen LogP contribution in [0.3, 0.4) is 0 Å². The van der Waals surface area contributed by atoms with Gasteiger partial charge in [0.25, 0.3) is 0 Å². The van der Waals surface area contributed by atoms with Crippen molar-refractivity contribution in [2.24, 2.45) is 0 Å². The van der Waals surface area contributed by atoms with E-state index < -0.39 is 40.0 Å². The van der Waals surface area contributed by atoms with Crippen LogP contribution in [-0.2, 0) is 28.1 Å². The molecule has 0 radical (unpaired) electrons. The van der Waals surface area contributed by atoms with E-state index >= 15 is 0 Å². The fourth-order valence-electron chi connectivity index (χ4n) is 2.35. The van der Waals surface area contributed by atoms with Gasteiger partial charge in [-0.05, 0) is 38.5 Å². The van der Waals surface area contributed by atoms with E-state index in [1.807, 2.05) is 20.8 Å². The van der Waals surface area contributed by atoms with Crippen molar-refractivity contribution < 1.29 is 58.1 Å². The van der Waals surface area contributed by atoms with Crippen LogP contribution in [0.25, 0.3) is 0 Å². The first-order chi connectivity index (χ1) is 16.4. The predicted octanol–water partition coefficient (Wildman–Crippen LogP) is 0.210. The van der Waals surface area contributed by atoms with Gasteiger partial charge >= 0.3 is 17.4 Å². The quantitative estimate of drug-likeness (QED) is 0.140. The van der Waals surface area contributed by atoms with Crippen LogP contribution in [0.2, 0.25) is 0 Å². The van der Waals surface area contributed by atoms with Crippen LogP contribution in [0.1, 0.15) is 78.6 Å². The number of hydrogen-bond acceptors (Lipinski definition) is 9. The number of rotatable bonds is 18. The Hall–Kier alpha value is -0.488. The SMILES string of the molecule is CCCCP(=O)(O)CCC(=O)[O-].CCCCP(=O)(O)CCC(=O)[O-].CCCCP(=O)(O)CCC(=O)[O-].[Al+3]. The van der Waals surface area contributed by atoms with Gasteiger partial charge in [-0.15, -0.1) is 0 Å². The number of carboxylic acid groups (broad SMARTS) is 3. The molecule has 0 aromatic rings. The van der Waals surface area contributed by atoms with E-state index in [-0.39, 0.29) is 73.6 Å². The molecule has 0 amide bonds. The van der Waals surface area contributed by atoms with E-state index in [2.05, 4.69) is 0 Å². The van der Waals surface area contributed by atoms with Crippen LogP contribution >= 0.6 is 22.1 Å². The largest absolute Gasteiger partial charge is 3.00 e. The fraction of sp³-hybridized carbons (Fsp3) is 0.857. The van der Waals surface area contributed by atoms with Crippen LogP contribution in [0.5, 0.6) is 0 Å². The van der Waals surface area contributed by atoms with Crippen molar-refractivity contribution in [3.05, 3.63) is 0 Å². The topological polar surface area (TPSA) is 232 Å². The summed E-state index contributed by atoms with van der Waals surface area (Å²) in [4.78, 5) is 57.4. The third kappa shape index (κ3) is 37.7. The molecule has 0 aromatic heterocycles. The van der Waals surface area contributed by atoms with Gasteiger partial charge in [-0.1, -0.05) is 40.0 Å². The zero-order valence-electron chi connectivity index (χ0n) is 22.0. The maximum absolute atomic E-state index is 11.1. The van der Waals surface area contributed by atoms with Gasteiger partial charge in [0.1, 0.15) is 0 Å². The van der Waals surface area contributed by atoms with Crippen molar-refractivity contribution in [2.45, 2.75) is 78.6 Å². The molecule has 0 saturated heterocycles. The maximum atomic E-state index is 11.1. The van der Waals surface area contributed by atoms with Crippen molar-refractivity contribution in [3.8, 4) is 0 Å². The fourth-order valence-corrected chi connectivity index (χ4v) is 7.05. The van der Waals surface area contributed by atoms with Crippen LogP contribution < -0.4 is 15.3 Å². The minimum absolute atomic E-state index is 0. The number of carbonyl (C=O) groups is 3. The predicted molar refractivity (Wildman–Crippen MR) is 138 cm³/mol. The average molecular weight is 606 g/mol. The first-order valence-electron chi connectivity index (χ1n) is 12.0. The first-order valence-corrected chi connectivity index (χ1v) is 18.0. The van der Waals surface area contributed by atoms with Crippen LogP contribution in [0.4, 0.5) is 0 Å². The van der Waals surface area contributed by atoms with Crippen LogP contribution in [-0.4, -0.2) is 86.9 Å². The van der Waals surface area contributed by atoms with Crippen molar-refractivity contribution in [3.63, 3.8) is 0 Å². The molecule has 3 N–H and O–H groups in total. The zero-order valence-corrected chi connectivity index (χ0v) is 25.9. The standard InChI is InChI=1S/3C7H15O4P.Al/c3*1-2-3-5-12(10,11)6-4-7(8)9;/h3*2-6H2,1H3,(H,8,9)(H,10,11);/q;;;+3/p-3. The van der Waals surface area contributed by atoms with E-state index in [0.717, 1.165) is 19.3 Å². The second-order valence-corrected chi connectivity index (χ2v) is 16.1. The summed E-state index contributed by atoms with van der Waals surface area (Å²) in [6.07, 6.45) is 3.75. The molecule has 0 aromatic carbocycles. The normalized spacial score (nSPS) is 15.1. The van der Waals surface area contributed by atoms with Gasteiger partial charge in [-0.3, -0.25) is 13.7 Å². The summed E-state index contributed by atoms with van der Waals surface area (Å²) in [5.74, 6) is -3.79. The Bertz CT molecular complexity index is 676. The van der Waals surface area contributed by atoms with Crippen molar-refractivity contribution in [2.75, 3.05) is 37.0 Å². The summed E-state index contributed by atoms with van der Waals surface area (Å²) in [6.45, 7) is 5.75. The Kier molecular flexibility index (Phi) is 28.9. The molecule has 0 spiro atoms. The van der Waals surface area contributed by atoms with Crippen LogP contribution in [0.15, 0.2) is 0 Å². The Morgan fingerprint density at radius 2 is 0.703 bits per heavy atom. The van der Waals surface area contributed by atoms with E-state index in [9.17, 15) is 43.4 Å². The van der Waals surface area contributed by atoms with E-state index in [1.165, 1.54) is 0 Å². The molecule has 0 bridgehead atoms. The Morgan fingerprint density at radius 1 is 0.514 bits per heavy atom. The Labute approximate surface area is 230 Å². The summed E-state index contributed by atoms with van der Waals surface area (Å²) in [5.41, 5.74) is 0. The first kappa shape index (κ1) is 43.6. The van der Waals surface area contributed by atoms with Gasteiger partial charge in [0.15, 0.2) is 0 Å². The molecule has 3 unspecified atom stereocenters. The molecular weight excluding hydrogens is 564 g/mol. The molecule has 216 valence electrons. The summed E-state index contributed by atoms with van der Waals surface area (Å²) >= 11 is 0. The molecule has 16 heteroatoms. The molecule has 37 heavy (non-hydrogen) atoms. The van der Waals surface area contributed by atoms with E-state index in [1.54, 1.807) is 0 Å². The second kappa shape index (κ2) is 24.5.